The lowest BCUT2D eigenvalue weighted by molar-refractivity contribution is -0.115. The van der Waals surface area contributed by atoms with Crippen LogP contribution in [0.4, 0.5) is 5.69 Å². The average Bonchev–Trinajstić information content (AvgIpc) is 2.75. The van der Waals surface area contributed by atoms with Gasteiger partial charge >= 0.3 is 0 Å². The van der Waals surface area contributed by atoms with Crippen molar-refractivity contribution in [2.75, 3.05) is 5.32 Å². The highest BCUT2D eigenvalue weighted by molar-refractivity contribution is 5.97. The van der Waals surface area contributed by atoms with Crippen LogP contribution in [0, 0.1) is 0 Å². The van der Waals surface area contributed by atoms with E-state index >= 15 is 0 Å². The third-order valence-electron chi connectivity index (χ3n) is 2.58. The van der Waals surface area contributed by atoms with Crippen LogP contribution in [0.15, 0.2) is 24.3 Å². The van der Waals surface area contributed by atoms with Crippen molar-refractivity contribution in [3.63, 3.8) is 0 Å². The van der Waals surface area contributed by atoms with Gasteiger partial charge in [-0.2, -0.15) is 0 Å². The Kier molecular flexibility index (Phi) is 3.65. The van der Waals surface area contributed by atoms with E-state index in [9.17, 15) is 9.59 Å². The number of nitrogens with zero attached hydrogens (tertiary/aromatic N) is 4. The summed E-state index contributed by atoms with van der Waals surface area (Å²) < 4.78 is 1.44. The van der Waals surface area contributed by atoms with Gasteiger partial charge in [-0.3, -0.25) is 9.59 Å². The van der Waals surface area contributed by atoms with Gasteiger partial charge in [0.1, 0.15) is 0 Å². The summed E-state index contributed by atoms with van der Waals surface area (Å²) >= 11 is 0. The smallest absolute Gasteiger partial charge is 0.232 e. The predicted octanol–water partition coefficient (Wildman–Crippen LogP) is 0.594. The number of hydrogen-bond acceptors (Lipinski definition) is 5. The maximum atomic E-state index is 11.8. The molecular formula is C12H13N5O2. The molecule has 0 saturated carbocycles. The van der Waals surface area contributed by atoms with Crippen LogP contribution < -0.4 is 5.32 Å². The van der Waals surface area contributed by atoms with E-state index in [1.807, 2.05) is 0 Å². The highest BCUT2D eigenvalue weighted by Crippen LogP contribution is 2.11. The van der Waals surface area contributed by atoms with Crippen molar-refractivity contribution in [2.45, 2.75) is 13.3 Å². The molecular weight excluding hydrogens is 246 g/mol. The molecule has 0 aliphatic heterocycles. The number of aromatic nitrogens is 4. The van der Waals surface area contributed by atoms with E-state index in [4.69, 9.17) is 0 Å². The van der Waals surface area contributed by atoms with Crippen molar-refractivity contribution >= 4 is 17.4 Å². The van der Waals surface area contributed by atoms with Crippen LogP contribution in [0.25, 0.3) is 0 Å². The molecule has 0 spiro atoms. The zero-order valence-electron chi connectivity index (χ0n) is 10.6. The van der Waals surface area contributed by atoms with E-state index < -0.39 is 0 Å². The maximum Gasteiger partial charge on any atom is 0.232 e. The molecule has 1 amide bonds. The molecule has 19 heavy (non-hydrogen) atoms. The fourth-order valence-corrected chi connectivity index (χ4v) is 1.56. The van der Waals surface area contributed by atoms with Gasteiger partial charge in [0, 0.05) is 18.3 Å². The first kappa shape index (κ1) is 12.9. The number of nitrogens with one attached hydrogen (secondary N) is 1. The van der Waals surface area contributed by atoms with Crippen molar-refractivity contribution in [1.29, 1.82) is 0 Å². The molecule has 0 fully saturated rings. The number of rotatable bonds is 4. The number of benzene rings is 1. The SMILES string of the molecule is CC(=O)c1cccc(NC(=O)Cc2nnnn2C)c1. The molecule has 0 aliphatic rings. The van der Waals surface area contributed by atoms with Crippen LogP contribution in [0.5, 0.6) is 0 Å². The summed E-state index contributed by atoms with van der Waals surface area (Å²) in [6, 6.07) is 6.77. The van der Waals surface area contributed by atoms with Gasteiger partial charge in [0.05, 0.1) is 6.42 Å². The number of hydrogen-bond donors (Lipinski definition) is 1. The Labute approximate surface area is 109 Å². The maximum absolute atomic E-state index is 11.8. The number of amides is 1. The first-order valence-electron chi connectivity index (χ1n) is 5.68. The van der Waals surface area contributed by atoms with Gasteiger partial charge < -0.3 is 5.32 Å². The van der Waals surface area contributed by atoms with Gasteiger partial charge in [0.2, 0.25) is 5.91 Å². The standard InChI is InChI=1S/C12H13N5O2/c1-8(18)9-4-3-5-10(6-9)13-12(19)7-11-14-15-16-17(11)2/h3-6H,7H2,1-2H3,(H,13,19). The highest BCUT2D eigenvalue weighted by atomic mass is 16.1. The van der Waals surface area contributed by atoms with Crippen molar-refractivity contribution in [2.24, 2.45) is 7.05 Å². The molecule has 1 aromatic heterocycles. The normalized spacial score (nSPS) is 10.2. The van der Waals surface area contributed by atoms with Crippen molar-refractivity contribution in [3.8, 4) is 0 Å². The number of ketones is 1. The minimum Gasteiger partial charge on any atom is -0.326 e. The fraction of sp³-hybridized carbons (Fsp3) is 0.250. The van der Waals surface area contributed by atoms with Gasteiger partial charge in [-0.15, -0.1) is 5.10 Å². The number of carbonyl (C=O) groups excluding carboxylic acids is 2. The Hall–Kier alpha value is -2.57. The summed E-state index contributed by atoms with van der Waals surface area (Å²) in [6.07, 6.45) is 0.0772. The first-order chi connectivity index (χ1) is 9.06. The Bertz CT molecular complexity index is 620. The summed E-state index contributed by atoms with van der Waals surface area (Å²) in [7, 11) is 1.67. The lowest BCUT2D eigenvalue weighted by Gasteiger charge is -2.05. The molecule has 0 unspecified atom stereocenters. The van der Waals surface area contributed by atoms with Crippen LogP contribution >= 0.6 is 0 Å². The molecule has 0 aliphatic carbocycles. The van der Waals surface area contributed by atoms with Gasteiger partial charge in [0.25, 0.3) is 0 Å². The summed E-state index contributed by atoms with van der Waals surface area (Å²) in [4.78, 5) is 23.1. The molecule has 0 radical (unpaired) electrons. The number of anilines is 1. The number of tetrazole rings is 1. The second-order valence-corrected chi connectivity index (χ2v) is 4.08. The lowest BCUT2D eigenvalue weighted by Crippen LogP contribution is -2.17. The third-order valence-corrected chi connectivity index (χ3v) is 2.58. The molecule has 7 nitrogen and oxygen atoms in total. The molecule has 2 aromatic rings. The first-order valence-corrected chi connectivity index (χ1v) is 5.68. The van der Waals surface area contributed by atoms with Crippen LogP contribution in [-0.2, 0) is 18.3 Å². The number of carbonyl (C=O) groups is 2. The molecule has 0 atom stereocenters. The molecule has 0 saturated heterocycles. The lowest BCUT2D eigenvalue weighted by atomic mass is 10.1. The number of Topliss-reactive ketones (excluding diaryl/α,β-unsaturated/α-hetero) is 1. The minimum absolute atomic E-state index is 0.0476. The molecule has 2 rings (SSSR count). The summed E-state index contributed by atoms with van der Waals surface area (Å²) in [6.45, 7) is 1.48. The zero-order chi connectivity index (χ0) is 13.8. The molecule has 1 heterocycles. The largest absolute Gasteiger partial charge is 0.326 e. The van der Waals surface area contributed by atoms with Crippen molar-refractivity contribution in [3.05, 3.63) is 35.7 Å². The topological polar surface area (TPSA) is 89.8 Å². The Morgan fingerprint density at radius 2 is 2.16 bits per heavy atom. The van der Waals surface area contributed by atoms with E-state index in [2.05, 4.69) is 20.8 Å². The Balaban J connectivity index is 2.05. The van der Waals surface area contributed by atoms with Crippen LogP contribution in [0.3, 0.4) is 0 Å². The van der Waals surface area contributed by atoms with Gasteiger partial charge in [-0.1, -0.05) is 12.1 Å². The Morgan fingerprint density at radius 1 is 1.37 bits per heavy atom. The molecule has 1 aromatic carbocycles. The zero-order valence-corrected chi connectivity index (χ0v) is 10.6. The van der Waals surface area contributed by atoms with E-state index in [0.717, 1.165) is 0 Å². The van der Waals surface area contributed by atoms with Gasteiger partial charge in [-0.05, 0) is 29.5 Å². The summed E-state index contributed by atoms with van der Waals surface area (Å²) in [5.41, 5.74) is 1.13. The third kappa shape index (κ3) is 3.21. The van der Waals surface area contributed by atoms with Crippen molar-refractivity contribution < 1.29 is 9.59 Å². The molecule has 1 N–H and O–H groups in total. The van der Waals surface area contributed by atoms with Gasteiger partial charge in [0.15, 0.2) is 11.6 Å². The minimum atomic E-state index is -0.237. The van der Waals surface area contributed by atoms with Crippen molar-refractivity contribution in [1.82, 2.24) is 20.2 Å². The van der Waals surface area contributed by atoms with E-state index in [1.54, 1.807) is 31.3 Å². The summed E-state index contributed by atoms with van der Waals surface area (Å²) in [5, 5.41) is 13.5. The van der Waals surface area contributed by atoms with Crippen LogP contribution in [-0.4, -0.2) is 31.9 Å². The molecule has 0 bridgehead atoms. The van der Waals surface area contributed by atoms with Gasteiger partial charge in [-0.25, -0.2) is 4.68 Å². The quantitative estimate of drug-likeness (QED) is 0.812. The highest BCUT2D eigenvalue weighted by Gasteiger charge is 2.10. The van der Waals surface area contributed by atoms with Crippen LogP contribution in [0.1, 0.15) is 23.1 Å². The second kappa shape index (κ2) is 5.38. The second-order valence-electron chi connectivity index (χ2n) is 4.08. The molecule has 98 valence electrons. The van der Waals surface area contributed by atoms with E-state index in [0.29, 0.717) is 17.1 Å². The molecule has 7 heteroatoms. The Morgan fingerprint density at radius 3 is 2.79 bits per heavy atom. The van der Waals surface area contributed by atoms with E-state index in [1.165, 1.54) is 11.6 Å². The van der Waals surface area contributed by atoms with Crippen LogP contribution in [0.2, 0.25) is 0 Å². The predicted molar refractivity (Wildman–Crippen MR) is 67.6 cm³/mol. The van der Waals surface area contributed by atoms with E-state index in [-0.39, 0.29) is 18.1 Å². The fourth-order valence-electron chi connectivity index (χ4n) is 1.56. The number of aryl methyl sites for hydroxylation is 1. The average molecular weight is 259 g/mol. The summed E-state index contributed by atoms with van der Waals surface area (Å²) in [5.74, 6) is 0.187. The monoisotopic (exact) mass is 259 g/mol.